The van der Waals surface area contributed by atoms with Crippen molar-refractivity contribution in [3.05, 3.63) is 53.6 Å². The molecule has 0 bridgehead atoms. The van der Waals surface area contributed by atoms with Crippen LogP contribution in [0.4, 0.5) is 14.5 Å². The third kappa shape index (κ3) is 5.91. The molecular weight excluding hydrogens is 342 g/mol. The van der Waals surface area contributed by atoms with Crippen LogP contribution in [-0.2, 0) is 17.8 Å². The Morgan fingerprint density at radius 3 is 2.65 bits per heavy atom. The zero-order chi connectivity index (χ0) is 18.9. The van der Waals surface area contributed by atoms with E-state index in [1.807, 2.05) is 18.2 Å². The molecule has 1 amide bonds. The fraction of sp³-hybridized carbons (Fsp3) is 0.316. The highest BCUT2D eigenvalue weighted by Crippen LogP contribution is 2.29. The minimum absolute atomic E-state index is 0.0310. The number of hydrogen-bond acceptors (Lipinski definition) is 4. The fourth-order valence-corrected chi connectivity index (χ4v) is 2.42. The first-order valence-electron chi connectivity index (χ1n) is 8.30. The summed E-state index contributed by atoms with van der Waals surface area (Å²) in [7, 11) is 0. The summed E-state index contributed by atoms with van der Waals surface area (Å²) in [6.07, 6.45) is 0.850. The van der Waals surface area contributed by atoms with Crippen LogP contribution in [0.1, 0.15) is 24.5 Å². The number of ether oxygens (including phenoxy) is 2. The van der Waals surface area contributed by atoms with E-state index in [9.17, 15) is 13.6 Å². The summed E-state index contributed by atoms with van der Waals surface area (Å²) < 4.78 is 34.5. The van der Waals surface area contributed by atoms with Gasteiger partial charge in [0, 0.05) is 18.7 Å². The summed E-state index contributed by atoms with van der Waals surface area (Å²) in [5, 5.41) is 2.79. The number of benzene rings is 2. The largest absolute Gasteiger partial charge is 0.490 e. The number of carbonyl (C=O) groups is 1. The second-order valence-corrected chi connectivity index (χ2v) is 5.57. The number of aryl methyl sites for hydroxylation is 1. The van der Waals surface area contributed by atoms with Crippen molar-refractivity contribution in [2.45, 2.75) is 32.9 Å². The number of halogens is 2. The predicted octanol–water partition coefficient (Wildman–Crippen LogP) is 3.52. The average molecular weight is 364 g/mol. The zero-order valence-corrected chi connectivity index (χ0v) is 14.5. The molecule has 140 valence electrons. The predicted molar refractivity (Wildman–Crippen MR) is 95.3 cm³/mol. The first-order chi connectivity index (χ1) is 12.5. The number of alkyl halides is 2. The van der Waals surface area contributed by atoms with E-state index in [-0.39, 0.29) is 24.0 Å². The van der Waals surface area contributed by atoms with Crippen molar-refractivity contribution in [3.63, 3.8) is 0 Å². The molecular formula is C19H22F2N2O3. The maximum atomic E-state index is 12.4. The van der Waals surface area contributed by atoms with Gasteiger partial charge in [0.25, 0.3) is 0 Å². The first-order valence-corrected chi connectivity index (χ1v) is 8.30. The molecule has 0 fully saturated rings. The summed E-state index contributed by atoms with van der Waals surface area (Å²) in [6, 6.07) is 12.0. The van der Waals surface area contributed by atoms with Crippen molar-refractivity contribution in [2.75, 3.05) is 12.3 Å². The maximum Gasteiger partial charge on any atom is 0.387 e. The number of nitrogens with one attached hydrogen (secondary N) is 1. The average Bonchev–Trinajstić information content (AvgIpc) is 2.61. The Kier molecular flexibility index (Phi) is 7.20. The monoisotopic (exact) mass is 364 g/mol. The molecule has 0 aliphatic carbocycles. The number of anilines is 1. The molecule has 0 saturated carbocycles. The molecule has 0 unspecified atom stereocenters. The molecule has 0 saturated heterocycles. The molecule has 0 heterocycles. The summed E-state index contributed by atoms with van der Waals surface area (Å²) in [5.41, 5.74) is 8.17. The van der Waals surface area contributed by atoms with E-state index < -0.39 is 6.61 Å². The van der Waals surface area contributed by atoms with Crippen LogP contribution < -0.4 is 20.5 Å². The van der Waals surface area contributed by atoms with Crippen LogP contribution in [0.2, 0.25) is 0 Å². The quantitative estimate of drug-likeness (QED) is 0.668. The van der Waals surface area contributed by atoms with E-state index in [0.717, 1.165) is 11.1 Å². The third-order valence-electron chi connectivity index (χ3n) is 3.69. The van der Waals surface area contributed by atoms with Gasteiger partial charge in [-0.3, -0.25) is 4.79 Å². The van der Waals surface area contributed by atoms with Gasteiger partial charge in [0.1, 0.15) is 0 Å². The van der Waals surface area contributed by atoms with E-state index in [1.54, 1.807) is 25.1 Å². The minimum Gasteiger partial charge on any atom is -0.490 e. The number of nitrogen functional groups attached to an aromatic ring is 1. The Bertz CT molecular complexity index is 738. The van der Waals surface area contributed by atoms with Crippen molar-refractivity contribution in [1.29, 1.82) is 0 Å². The van der Waals surface area contributed by atoms with E-state index in [1.165, 1.54) is 6.07 Å². The molecule has 2 aromatic rings. The SMILES string of the molecule is CCOc1cc(CNC(=O)CCc2ccccc2N)ccc1OC(F)F. The van der Waals surface area contributed by atoms with Crippen molar-refractivity contribution < 1.29 is 23.0 Å². The molecule has 3 N–H and O–H groups in total. The molecule has 0 aromatic heterocycles. The summed E-state index contributed by atoms with van der Waals surface area (Å²) in [6.45, 7) is -0.604. The Morgan fingerprint density at radius 2 is 1.96 bits per heavy atom. The van der Waals surface area contributed by atoms with Gasteiger partial charge in [-0.1, -0.05) is 24.3 Å². The zero-order valence-electron chi connectivity index (χ0n) is 14.5. The lowest BCUT2D eigenvalue weighted by Gasteiger charge is -2.13. The number of carbonyl (C=O) groups excluding carboxylic acids is 1. The van der Waals surface area contributed by atoms with Crippen LogP contribution in [0.3, 0.4) is 0 Å². The normalized spacial score (nSPS) is 10.6. The maximum absolute atomic E-state index is 12.4. The van der Waals surface area contributed by atoms with Crippen LogP contribution in [-0.4, -0.2) is 19.1 Å². The van der Waals surface area contributed by atoms with Gasteiger partial charge in [0.05, 0.1) is 6.61 Å². The number of para-hydroxylation sites is 1. The highest BCUT2D eigenvalue weighted by Gasteiger charge is 2.12. The van der Waals surface area contributed by atoms with E-state index in [4.69, 9.17) is 10.5 Å². The number of hydrogen-bond donors (Lipinski definition) is 2. The van der Waals surface area contributed by atoms with Gasteiger partial charge in [0.15, 0.2) is 11.5 Å². The van der Waals surface area contributed by atoms with Crippen molar-refractivity contribution in [3.8, 4) is 11.5 Å². The number of rotatable bonds is 9. The highest BCUT2D eigenvalue weighted by molar-refractivity contribution is 5.76. The second kappa shape index (κ2) is 9.60. The molecule has 7 heteroatoms. The molecule has 0 aliphatic rings. The second-order valence-electron chi connectivity index (χ2n) is 5.57. The molecule has 5 nitrogen and oxygen atoms in total. The summed E-state index contributed by atoms with van der Waals surface area (Å²) >= 11 is 0. The van der Waals surface area contributed by atoms with E-state index in [2.05, 4.69) is 10.1 Å². The van der Waals surface area contributed by atoms with Crippen molar-refractivity contribution >= 4 is 11.6 Å². The molecule has 2 aromatic carbocycles. The van der Waals surface area contributed by atoms with Crippen LogP contribution in [0.25, 0.3) is 0 Å². The lowest BCUT2D eigenvalue weighted by Crippen LogP contribution is -2.23. The van der Waals surface area contributed by atoms with Gasteiger partial charge >= 0.3 is 6.61 Å². The number of amides is 1. The Labute approximate surface area is 151 Å². The Balaban J connectivity index is 1.90. The lowest BCUT2D eigenvalue weighted by atomic mass is 10.1. The van der Waals surface area contributed by atoms with Crippen molar-refractivity contribution in [2.24, 2.45) is 0 Å². The third-order valence-corrected chi connectivity index (χ3v) is 3.69. The summed E-state index contributed by atoms with van der Waals surface area (Å²) in [5.74, 6) is 0.0622. The molecule has 0 radical (unpaired) electrons. The fourth-order valence-electron chi connectivity index (χ4n) is 2.42. The van der Waals surface area contributed by atoms with E-state index in [0.29, 0.717) is 25.1 Å². The number of nitrogens with two attached hydrogens (primary N) is 1. The molecule has 0 atom stereocenters. The van der Waals surface area contributed by atoms with Crippen LogP contribution >= 0.6 is 0 Å². The van der Waals surface area contributed by atoms with Crippen LogP contribution in [0.15, 0.2) is 42.5 Å². The standard InChI is InChI=1S/C19H22F2N2O3/c1-2-25-17-11-13(7-9-16(17)26-19(20)21)12-23-18(24)10-8-14-5-3-4-6-15(14)22/h3-7,9,11,19H,2,8,10,12,22H2,1H3,(H,23,24). The Morgan fingerprint density at radius 1 is 1.19 bits per heavy atom. The smallest absolute Gasteiger partial charge is 0.387 e. The van der Waals surface area contributed by atoms with Crippen LogP contribution in [0.5, 0.6) is 11.5 Å². The Hall–Kier alpha value is -2.83. The minimum atomic E-state index is -2.93. The molecule has 0 aliphatic heterocycles. The van der Waals surface area contributed by atoms with Crippen LogP contribution in [0, 0.1) is 0 Å². The van der Waals surface area contributed by atoms with E-state index >= 15 is 0 Å². The molecule has 26 heavy (non-hydrogen) atoms. The molecule has 2 rings (SSSR count). The van der Waals surface area contributed by atoms with Gasteiger partial charge in [-0.05, 0) is 42.7 Å². The van der Waals surface area contributed by atoms with Gasteiger partial charge in [0.2, 0.25) is 5.91 Å². The van der Waals surface area contributed by atoms with Gasteiger partial charge in [-0.2, -0.15) is 8.78 Å². The highest BCUT2D eigenvalue weighted by atomic mass is 19.3. The topological polar surface area (TPSA) is 73.6 Å². The lowest BCUT2D eigenvalue weighted by molar-refractivity contribution is -0.121. The van der Waals surface area contributed by atoms with Crippen molar-refractivity contribution in [1.82, 2.24) is 5.32 Å². The molecule has 0 spiro atoms. The first kappa shape index (κ1) is 19.5. The summed E-state index contributed by atoms with van der Waals surface area (Å²) in [4.78, 5) is 12.0. The van der Waals surface area contributed by atoms with Gasteiger partial charge < -0.3 is 20.5 Å². The van der Waals surface area contributed by atoms with Gasteiger partial charge in [-0.15, -0.1) is 0 Å². The van der Waals surface area contributed by atoms with Gasteiger partial charge in [-0.25, -0.2) is 0 Å².